The van der Waals surface area contributed by atoms with Gasteiger partial charge in [-0.15, -0.1) is 0 Å². The number of nitro groups is 1. The number of piperidine rings is 1. The summed E-state index contributed by atoms with van der Waals surface area (Å²) in [6.07, 6.45) is 2.46. The van der Waals surface area contributed by atoms with E-state index in [-0.39, 0.29) is 17.2 Å². The molecule has 2 aromatic rings. The van der Waals surface area contributed by atoms with Crippen molar-refractivity contribution in [3.63, 3.8) is 0 Å². The van der Waals surface area contributed by atoms with E-state index in [0.29, 0.717) is 12.2 Å². The van der Waals surface area contributed by atoms with Crippen LogP contribution in [0.25, 0.3) is 0 Å². The molecule has 2 atom stereocenters. The third kappa shape index (κ3) is 5.60. The molecule has 3 rings (SSSR count). The number of likely N-dealkylation sites (tertiary alicyclic amines) is 1. The van der Waals surface area contributed by atoms with Crippen molar-refractivity contribution in [3.05, 3.63) is 69.0 Å². The molecule has 0 saturated carbocycles. The predicted molar refractivity (Wildman–Crippen MR) is 111 cm³/mol. The topological polar surface area (TPSA) is 88.4 Å². The van der Waals surface area contributed by atoms with Crippen molar-refractivity contribution in [1.29, 1.82) is 0 Å². The summed E-state index contributed by atoms with van der Waals surface area (Å²) < 4.78 is 0. The van der Waals surface area contributed by atoms with Gasteiger partial charge in [0.05, 0.1) is 16.2 Å². The molecule has 1 fully saturated rings. The molecular formula is C22H28N4O3. The van der Waals surface area contributed by atoms with E-state index in [4.69, 9.17) is 0 Å². The Labute approximate surface area is 171 Å². The average molecular weight is 396 g/mol. The lowest BCUT2D eigenvalue weighted by Gasteiger charge is -2.35. The minimum Gasteiger partial charge on any atom is -0.348 e. The lowest BCUT2D eigenvalue weighted by Crippen LogP contribution is -2.38. The van der Waals surface area contributed by atoms with Crippen LogP contribution in [0.4, 0.5) is 5.69 Å². The fourth-order valence-corrected chi connectivity index (χ4v) is 4.07. The van der Waals surface area contributed by atoms with E-state index in [1.54, 1.807) is 6.92 Å². The van der Waals surface area contributed by atoms with E-state index in [1.807, 2.05) is 12.1 Å². The molecule has 0 bridgehead atoms. The number of hydrogen-bond acceptors (Lipinski definition) is 5. The number of nitrogens with one attached hydrogen (secondary N) is 1. The molecule has 1 amide bonds. The molecular weight excluding hydrogens is 368 g/mol. The van der Waals surface area contributed by atoms with E-state index in [9.17, 15) is 14.9 Å². The van der Waals surface area contributed by atoms with Crippen LogP contribution in [0.5, 0.6) is 0 Å². The Kier molecular flexibility index (Phi) is 6.59. The molecule has 7 heteroatoms. The summed E-state index contributed by atoms with van der Waals surface area (Å²) in [7, 11) is 0. The van der Waals surface area contributed by atoms with Crippen LogP contribution < -0.4 is 5.32 Å². The second kappa shape index (κ2) is 9.13. The number of carbonyl (C=O) groups excluding carboxylic acids is 1. The zero-order chi connectivity index (χ0) is 21.0. The van der Waals surface area contributed by atoms with Gasteiger partial charge in [0.25, 0.3) is 11.6 Å². The van der Waals surface area contributed by atoms with Crippen LogP contribution in [-0.4, -0.2) is 33.8 Å². The fraction of sp³-hybridized carbons (Fsp3) is 0.455. The minimum atomic E-state index is -0.550. The van der Waals surface area contributed by atoms with Crippen molar-refractivity contribution in [3.8, 4) is 0 Å². The van der Waals surface area contributed by atoms with E-state index in [1.165, 1.54) is 18.1 Å². The van der Waals surface area contributed by atoms with Crippen molar-refractivity contribution in [2.24, 2.45) is 11.8 Å². The third-order valence-electron chi connectivity index (χ3n) is 5.35. The van der Waals surface area contributed by atoms with Crippen molar-refractivity contribution in [2.45, 2.75) is 40.3 Å². The normalized spacial score (nSPS) is 19.7. The summed E-state index contributed by atoms with van der Waals surface area (Å²) >= 11 is 0. The molecule has 29 heavy (non-hydrogen) atoms. The molecule has 1 saturated heterocycles. The summed E-state index contributed by atoms with van der Waals surface area (Å²) in [6, 6.07) is 9.51. The molecule has 2 heterocycles. The standard InChI is InChI=1S/C22H28N4O3/c1-15-8-16(2)13-25(12-15)14-19-6-4-18(5-7-19)10-24-22(27)21-9-20(26(28)29)11-23-17(21)3/h4-7,9,11,15-16H,8,10,12-14H2,1-3H3,(H,24,27)/t15-,16-/m1/s1. The highest BCUT2D eigenvalue weighted by Gasteiger charge is 2.21. The van der Waals surface area contributed by atoms with Gasteiger partial charge in [-0.05, 0) is 36.3 Å². The van der Waals surface area contributed by atoms with Crippen LogP contribution >= 0.6 is 0 Å². The van der Waals surface area contributed by atoms with Gasteiger partial charge in [0.15, 0.2) is 0 Å². The minimum absolute atomic E-state index is 0.188. The molecule has 1 N–H and O–H groups in total. The van der Waals surface area contributed by atoms with E-state index in [2.05, 4.69) is 41.2 Å². The number of aromatic nitrogens is 1. The van der Waals surface area contributed by atoms with Crippen LogP contribution in [-0.2, 0) is 13.1 Å². The Hall–Kier alpha value is -2.80. The van der Waals surface area contributed by atoms with E-state index >= 15 is 0 Å². The SMILES string of the molecule is Cc1ncc([N+](=O)[O-])cc1C(=O)NCc1ccc(CN2C[C@H](C)C[C@@H](C)C2)cc1. The number of rotatable bonds is 6. The quantitative estimate of drug-likeness (QED) is 0.594. The maximum Gasteiger partial charge on any atom is 0.288 e. The van der Waals surface area contributed by atoms with Crippen LogP contribution in [0.3, 0.4) is 0 Å². The number of pyridine rings is 1. The fourth-order valence-electron chi connectivity index (χ4n) is 4.07. The Morgan fingerprint density at radius 3 is 2.45 bits per heavy atom. The van der Waals surface area contributed by atoms with Gasteiger partial charge in [-0.3, -0.25) is 24.8 Å². The van der Waals surface area contributed by atoms with Crippen molar-refractivity contribution >= 4 is 11.6 Å². The Bertz CT molecular complexity index is 872. The number of nitrogens with zero attached hydrogens (tertiary/aromatic N) is 3. The summed E-state index contributed by atoms with van der Waals surface area (Å²) in [4.78, 5) is 29.2. The number of benzene rings is 1. The third-order valence-corrected chi connectivity index (χ3v) is 5.35. The van der Waals surface area contributed by atoms with Gasteiger partial charge >= 0.3 is 0 Å². The molecule has 0 spiro atoms. The summed E-state index contributed by atoms with van der Waals surface area (Å²) in [5.41, 5.74) is 2.75. The maximum absolute atomic E-state index is 12.4. The Morgan fingerprint density at radius 1 is 1.21 bits per heavy atom. The molecule has 0 radical (unpaired) electrons. The zero-order valence-electron chi connectivity index (χ0n) is 17.2. The lowest BCUT2D eigenvalue weighted by atomic mass is 9.91. The molecule has 7 nitrogen and oxygen atoms in total. The summed E-state index contributed by atoms with van der Waals surface area (Å²) in [5, 5.41) is 13.7. The first kappa shape index (κ1) is 20.9. The molecule has 0 aliphatic carbocycles. The second-order valence-electron chi connectivity index (χ2n) is 8.22. The molecule has 0 unspecified atom stereocenters. The summed E-state index contributed by atoms with van der Waals surface area (Å²) in [5.74, 6) is 1.11. The van der Waals surface area contributed by atoms with Gasteiger partial charge in [0.1, 0.15) is 6.20 Å². The van der Waals surface area contributed by atoms with Gasteiger partial charge in [0.2, 0.25) is 0 Å². The first-order valence-electron chi connectivity index (χ1n) is 10.0. The zero-order valence-corrected chi connectivity index (χ0v) is 17.2. The number of amides is 1. The molecule has 1 aliphatic rings. The van der Waals surface area contributed by atoms with E-state index in [0.717, 1.165) is 43.2 Å². The van der Waals surface area contributed by atoms with Gasteiger partial charge in [-0.25, -0.2) is 0 Å². The van der Waals surface area contributed by atoms with E-state index < -0.39 is 4.92 Å². The highest BCUT2D eigenvalue weighted by molar-refractivity contribution is 5.95. The first-order chi connectivity index (χ1) is 13.8. The maximum atomic E-state index is 12.4. The van der Waals surface area contributed by atoms with Crippen molar-refractivity contribution in [2.75, 3.05) is 13.1 Å². The first-order valence-corrected chi connectivity index (χ1v) is 10.0. The number of hydrogen-bond donors (Lipinski definition) is 1. The van der Waals surface area contributed by atoms with Gasteiger partial charge < -0.3 is 5.32 Å². The van der Waals surface area contributed by atoms with Crippen molar-refractivity contribution < 1.29 is 9.72 Å². The predicted octanol–water partition coefficient (Wildman–Crippen LogP) is 3.71. The monoisotopic (exact) mass is 396 g/mol. The Morgan fingerprint density at radius 2 is 1.83 bits per heavy atom. The smallest absolute Gasteiger partial charge is 0.288 e. The van der Waals surface area contributed by atoms with Gasteiger partial charge in [0, 0.05) is 32.2 Å². The van der Waals surface area contributed by atoms with Gasteiger partial charge in [-0.2, -0.15) is 0 Å². The highest BCUT2D eigenvalue weighted by Crippen LogP contribution is 2.22. The lowest BCUT2D eigenvalue weighted by molar-refractivity contribution is -0.385. The largest absolute Gasteiger partial charge is 0.348 e. The average Bonchev–Trinajstić information content (AvgIpc) is 2.66. The van der Waals surface area contributed by atoms with Crippen LogP contribution in [0.2, 0.25) is 0 Å². The van der Waals surface area contributed by atoms with Crippen molar-refractivity contribution in [1.82, 2.24) is 15.2 Å². The Balaban J connectivity index is 1.57. The molecule has 154 valence electrons. The van der Waals surface area contributed by atoms with Crippen LogP contribution in [0, 0.1) is 28.9 Å². The summed E-state index contributed by atoms with van der Waals surface area (Å²) in [6.45, 7) is 9.87. The number of carbonyl (C=O) groups is 1. The molecule has 1 aromatic carbocycles. The molecule has 1 aliphatic heterocycles. The molecule has 1 aromatic heterocycles. The van der Waals surface area contributed by atoms with Crippen LogP contribution in [0.1, 0.15) is 47.4 Å². The number of aryl methyl sites for hydroxylation is 1. The van der Waals surface area contributed by atoms with Crippen LogP contribution in [0.15, 0.2) is 36.5 Å². The highest BCUT2D eigenvalue weighted by atomic mass is 16.6. The second-order valence-corrected chi connectivity index (χ2v) is 8.22. The van der Waals surface area contributed by atoms with Gasteiger partial charge in [-0.1, -0.05) is 38.1 Å².